The van der Waals surface area contributed by atoms with Crippen LogP contribution < -0.4 is 0 Å². The molecule has 1 aliphatic heterocycles. The highest BCUT2D eigenvalue weighted by molar-refractivity contribution is 6.84. The largest absolute Gasteiger partial charge is 0.455 e. The molecule has 1 saturated heterocycles. The van der Waals surface area contributed by atoms with Crippen molar-refractivity contribution in [3.8, 4) is 0 Å². The first-order chi connectivity index (χ1) is 10.2. The first-order valence-electron chi connectivity index (χ1n) is 9.10. The average molecular weight is 347 g/mol. The zero-order valence-corrected chi connectivity index (χ0v) is 17.7. The van der Waals surface area contributed by atoms with Crippen LogP contribution >= 0.6 is 0 Å². The molecule has 0 aliphatic carbocycles. The van der Waals surface area contributed by atoms with Crippen molar-refractivity contribution in [3.63, 3.8) is 0 Å². The van der Waals surface area contributed by atoms with Gasteiger partial charge in [-0.15, -0.1) is 0 Å². The molecule has 0 aromatic carbocycles. The molecule has 3 nitrogen and oxygen atoms in total. The van der Waals surface area contributed by atoms with E-state index in [-0.39, 0.29) is 0 Å². The number of hydrogen-bond acceptors (Lipinski definition) is 3. The summed E-state index contributed by atoms with van der Waals surface area (Å²) >= 11 is 0. The van der Waals surface area contributed by atoms with E-state index in [1.807, 2.05) is 0 Å². The van der Waals surface area contributed by atoms with Crippen molar-refractivity contribution in [2.45, 2.75) is 83.9 Å². The Hall–Kier alpha value is 0.314. The average Bonchev–Trinajstić information content (AvgIpc) is 3.16. The van der Waals surface area contributed by atoms with Gasteiger partial charge >= 0.3 is 0 Å². The third-order valence-electron chi connectivity index (χ3n) is 4.14. The predicted octanol–water partition coefficient (Wildman–Crippen LogP) is 5.05. The van der Waals surface area contributed by atoms with E-state index in [4.69, 9.17) is 13.6 Å². The fourth-order valence-corrected chi connectivity index (χ4v) is 11.8. The van der Waals surface area contributed by atoms with Gasteiger partial charge in [-0.2, -0.15) is 0 Å². The minimum atomic E-state index is -1.53. The normalized spacial score (nSPS) is 19.0. The van der Waals surface area contributed by atoms with Gasteiger partial charge < -0.3 is 13.6 Å². The molecule has 1 rings (SSSR count). The summed E-state index contributed by atoms with van der Waals surface area (Å²) in [6, 6.07) is 2.52. The number of hydrogen-bond donors (Lipinski definition) is 0. The van der Waals surface area contributed by atoms with Crippen LogP contribution in [0.25, 0.3) is 0 Å². The molecule has 1 atom stereocenters. The molecular formula is C17H38O3Si2. The topological polar surface area (TPSA) is 31.0 Å². The van der Waals surface area contributed by atoms with Crippen molar-refractivity contribution in [3.05, 3.63) is 0 Å². The van der Waals surface area contributed by atoms with Gasteiger partial charge in [-0.25, -0.2) is 0 Å². The first kappa shape index (κ1) is 20.4. The molecular weight excluding hydrogens is 308 g/mol. The molecule has 22 heavy (non-hydrogen) atoms. The minimum absolute atomic E-state index is 0.388. The van der Waals surface area contributed by atoms with E-state index in [9.17, 15) is 0 Å². The molecule has 1 aliphatic rings. The lowest BCUT2D eigenvalue weighted by molar-refractivity contribution is 0.116. The highest BCUT2D eigenvalue weighted by atomic mass is 28.4. The van der Waals surface area contributed by atoms with Crippen LogP contribution in [0.3, 0.4) is 0 Å². The highest BCUT2D eigenvalue weighted by Crippen LogP contribution is 2.25. The fourth-order valence-electron chi connectivity index (χ4n) is 2.93. The second kappa shape index (κ2) is 9.57. The molecule has 0 spiro atoms. The molecule has 0 aromatic rings. The zero-order chi connectivity index (χ0) is 16.6. The maximum atomic E-state index is 6.67. The van der Waals surface area contributed by atoms with Crippen LogP contribution in [0.4, 0.5) is 0 Å². The van der Waals surface area contributed by atoms with Gasteiger partial charge in [-0.3, -0.25) is 0 Å². The van der Waals surface area contributed by atoms with E-state index in [1.54, 1.807) is 0 Å². The lowest BCUT2D eigenvalue weighted by atomic mass is 10.1. The molecule has 1 heterocycles. The molecule has 1 unspecified atom stereocenters. The second-order valence-electron chi connectivity index (χ2n) is 8.39. The van der Waals surface area contributed by atoms with Crippen LogP contribution in [0.5, 0.6) is 0 Å². The highest BCUT2D eigenvalue weighted by Gasteiger charge is 2.32. The third kappa shape index (κ3) is 10.9. The van der Waals surface area contributed by atoms with Gasteiger partial charge in [0.15, 0.2) is 16.6 Å². The van der Waals surface area contributed by atoms with Crippen molar-refractivity contribution in [2.75, 3.05) is 19.8 Å². The van der Waals surface area contributed by atoms with E-state index >= 15 is 0 Å². The number of rotatable bonds is 13. The molecule has 0 bridgehead atoms. The Morgan fingerprint density at radius 1 is 1.00 bits per heavy atom. The van der Waals surface area contributed by atoms with Crippen molar-refractivity contribution in [1.82, 2.24) is 0 Å². The summed E-state index contributed by atoms with van der Waals surface area (Å²) in [6.07, 6.45) is 5.57. The lowest BCUT2D eigenvalue weighted by Crippen LogP contribution is -2.44. The summed E-state index contributed by atoms with van der Waals surface area (Å²) in [5.41, 5.74) is 0. The van der Waals surface area contributed by atoms with Gasteiger partial charge in [0.2, 0.25) is 0 Å². The summed E-state index contributed by atoms with van der Waals surface area (Å²) in [5.74, 6) is 0.831. The Morgan fingerprint density at radius 3 is 2.14 bits per heavy atom. The molecule has 0 saturated carbocycles. The van der Waals surface area contributed by atoms with E-state index in [2.05, 4.69) is 40.0 Å². The van der Waals surface area contributed by atoms with Crippen LogP contribution in [0, 0.1) is 5.92 Å². The van der Waals surface area contributed by atoms with E-state index in [0.717, 1.165) is 32.2 Å². The molecule has 1 fully saturated rings. The van der Waals surface area contributed by atoms with Crippen LogP contribution in [0.1, 0.15) is 39.5 Å². The van der Waals surface area contributed by atoms with Crippen LogP contribution in [0.15, 0.2) is 0 Å². The Labute approximate surface area is 140 Å². The van der Waals surface area contributed by atoms with Gasteiger partial charge in [0.05, 0.1) is 13.2 Å². The standard InChI is InChI=1S/C17H38O3Si2/c1-16(2)10-7-8-12-21(3,4)20-22(5,6)13-9-11-18-14-17-15-19-17/h16-17H,7-15H2,1-6H3. The summed E-state index contributed by atoms with van der Waals surface area (Å²) in [5, 5.41) is 0. The van der Waals surface area contributed by atoms with Gasteiger partial charge in [-0.1, -0.05) is 33.1 Å². The van der Waals surface area contributed by atoms with Gasteiger partial charge in [-0.05, 0) is 50.6 Å². The van der Waals surface area contributed by atoms with Crippen molar-refractivity contribution >= 4 is 16.6 Å². The lowest BCUT2D eigenvalue weighted by Gasteiger charge is -2.34. The van der Waals surface area contributed by atoms with Crippen molar-refractivity contribution < 1.29 is 13.6 Å². The minimum Gasteiger partial charge on any atom is -0.455 e. The fraction of sp³-hybridized carbons (Fsp3) is 1.00. The number of unbranched alkanes of at least 4 members (excludes halogenated alkanes) is 1. The maximum absolute atomic E-state index is 6.67. The SMILES string of the molecule is CC(C)CCCC[Si](C)(C)O[Si](C)(C)CCCOCC1CO1. The van der Waals surface area contributed by atoms with E-state index in [0.29, 0.717) is 6.10 Å². The Morgan fingerprint density at radius 2 is 1.59 bits per heavy atom. The molecule has 132 valence electrons. The first-order valence-corrected chi connectivity index (χ1v) is 15.3. The third-order valence-corrected chi connectivity index (χ3v) is 11.7. The zero-order valence-electron chi connectivity index (χ0n) is 15.7. The molecule has 0 radical (unpaired) electrons. The Kier molecular flexibility index (Phi) is 8.86. The molecule has 5 heteroatoms. The molecule has 0 aromatic heterocycles. The second-order valence-corrected chi connectivity index (χ2v) is 17.3. The summed E-state index contributed by atoms with van der Waals surface area (Å²) < 4.78 is 17.5. The predicted molar refractivity (Wildman–Crippen MR) is 99.5 cm³/mol. The van der Waals surface area contributed by atoms with E-state index < -0.39 is 16.6 Å². The quantitative estimate of drug-likeness (QED) is 0.266. The Balaban J connectivity index is 2.12. The summed E-state index contributed by atoms with van der Waals surface area (Å²) in [7, 11) is -3.02. The molecule has 0 N–H and O–H groups in total. The van der Waals surface area contributed by atoms with Crippen molar-refractivity contribution in [2.24, 2.45) is 5.92 Å². The van der Waals surface area contributed by atoms with Gasteiger partial charge in [0.25, 0.3) is 0 Å². The molecule has 0 amide bonds. The van der Waals surface area contributed by atoms with Gasteiger partial charge in [0.1, 0.15) is 6.10 Å². The maximum Gasteiger partial charge on any atom is 0.173 e. The summed E-state index contributed by atoms with van der Waals surface area (Å²) in [4.78, 5) is 0. The summed E-state index contributed by atoms with van der Waals surface area (Å²) in [6.45, 7) is 16.7. The van der Waals surface area contributed by atoms with Crippen LogP contribution in [0.2, 0.25) is 38.3 Å². The monoisotopic (exact) mass is 346 g/mol. The Bertz CT molecular complexity index is 302. The smallest absolute Gasteiger partial charge is 0.173 e. The van der Waals surface area contributed by atoms with Crippen LogP contribution in [-0.4, -0.2) is 42.6 Å². The number of epoxide rings is 1. The van der Waals surface area contributed by atoms with Gasteiger partial charge in [0, 0.05) is 6.61 Å². The van der Waals surface area contributed by atoms with Crippen molar-refractivity contribution in [1.29, 1.82) is 0 Å². The van der Waals surface area contributed by atoms with E-state index in [1.165, 1.54) is 31.4 Å². The van der Waals surface area contributed by atoms with Crippen LogP contribution in [-0.2, 0) is 13.6 Å². The number of ether oxygens (including phenoxy) is 2.